The molecule has 0 spiro atoms. The van der Waals surface area contributed by atoms with Crippen LogP contribution < -0.4 is 0 Å². The van der Waals surface area contributed by atoms with E-state index >= 15 is 0 Å². The molecule has 0 amide bonds. The van der Waals surface area contributed by atoms with Crippen LogP contribution in [0.25, 0.3) is 88.2 Å². The van der Waals surface area contributed by atoms with Crippen LogP contribution in [-0.2, 0) is 0 Å². The summed E-state index contributed by atoms with van der Waals surface area (Å²) in [4.78, 5) is 24.9. The molecule has 0 aliphatic rings. The smallest absolute Gasteiger partial charge is 0.164 e. The highest BCUT2D eigenvalue weighted by Crippen LogP contribution is 2.42. The fraction of sp³-hybridized carbons (Fsp3) is 0. The number of thiophene rings is 1. The number of hydrogen-bond donors (Lipinski definition) is 0. The van der Waals surface area contributed by atoms with Crippen molar-refractivity contribution in [2.45, 2.75) is 0 Å². The Kier molecular flexibility index (Phi) is 7.62. The van der Waals surface area contributed by atoms with Gasteiger partial charge in [-0.25, -0.2) is 24.9 Å². The molecule has 0 N–H and O–H groups in total. The van der Waals surface area contributed by atoms with Crippen LogP contribution in [0.5, 0.6) is 0 Å². The molecule has 0 saturated carbocycles. The number of aromatic nitrogens is 5. The third-order valence-corrected chi connectivity index (χ3v) is 10.0. The van der Waals surface area contributed by atoms with Crippen molar-refractivity contribution in [2.24, 2.45) is 0 Å². The molecule has 238 valence electrons. The first-order valence-corrected chi connectivity index (χ1v) is 17.3. The monoisotopic (exact) mass is 670 g/mol. The van der Waals surface area contributed by atoms with Gasteiger partial charge in [-0.2, -0.15) is 5.26 Å². The molecule has 0 atom stereocenters. The summed E-state index contributed by atoms with van der Waals surface area (Å²) in [6, 6.07) is 54.8. The quantitative estimate of drug-likeness (QED) is 0.175. The zero-order valence-corrected chi connectivity index (χ0v) is 27.9. The van der Waals surface area contributed by atoms with Crippen LogP contribution in [0.4, 0.5) is 0 Å². The third kappa shape index (κ3) is 5.60. The van der Waals surface area contributed by atoms with Gasteiger partial charge in [0.25, 0.3) is 0 Å². The maximum absolute atomic E-state index is 10.4. The van der Waals surface area contributed by atoms with Crippen molar-refractivity contribution in [1.82, 2.24) is 24.9 Å². The van der Waals surface area contributed by atoms with E-state index in [1.165, 1.54) is 0 Å². The van der Waals surface area contributed by atoms with Crippen molar-refractivity contribution in [1.29, 1.82) is 5.26 Å². The lowest BCUT2D eigenvalue weighted by Crippen LogP contribution is -2.01. The molecular formula is C44H26N6S. The van der Waals surface area contributed by atoms with Gasteiger partial charge in [-0.15, -0.1) is 11.3 Å². The summed E-state index contributed by atoms with van der Waals surface area (Å²) in [6.07, 6.45) is 0. The summed E-state index contributed by atoms with van der Waals surface area (Å²) in [6.45, 7) is 0. The van der Waals surface area contributed by atoms with Gasteiger partial charge in [0.1, 0.15) is 11.6 Å². The fourth-order valence-electron chi connectivity index (χ4n) is 6.35. The largest absolute Gasteiger partial charge is 0.227 e. The number of hydrogen-bond acceptors (Lipinski definition) is 7. The molecule has 6 nitrogen and oxygen atoms in total. The number of nitrogens with zero attached hydrogens (tertiary/aromatic N) is 6. The van der Waals surface area contributed by atoms with E-state index in [0.29, 0.717) is 40.2 Å². The van der Waals surface area contributed by atoms with Gasteiger partial charge < -0.3 is 0 Å². The molecule has 6 aromatic carbocycles. The van der Waals surface area contributed by atoms with E-state index in [9.17, 15) is 5.26 Å². The van der Waals surface area contributed by atoms with E-state index in [1.54, 1.807) is 11.3 Å². The molecule has 0 fully saturated rings. The fourth-order valence-corrected chi connectivity index (χ4v) is 7.54. The van der Waals surface area contributed by atoms with E-state index in [0.717, 1.165) is 53.6 Å². The Hall–Kier alpha value is -6.88. The van der Waals surface area contributed by atoms with E-state index in [-0.39, 0.29) is 0 Å². The Bertz CT molecular complexity index is 2620. The van der Waals surface area contributed by atoms with Gasteiger partial charge in [0, 0.05) is 53.6 Å². The maximum Gasteiger partial charge on any atom is 0.164 e. The number of fused-ring (bicyclic) bond motifs is 3. The molecule has 0 radical (unpaired) electrons. The number of rotatable bonds is 6. The second kappa shape index (κ2) is 12.9. The highest BCUT2D eigenvalue weighted by Gasteiger charge is 2.21. The molecule has 0 aliphatic carbocycles. The average Bonchev–Trinajstić information content (AvgIpc) is 3.60. The van der Waals surface area contributed by atoms with Crippen molar-refractivity contribution < 1.29 is 0 Å². The van der Waals surface area contributed by atoms with Gasteiger partial charge in [-0.1, -0.05) is 133 Å². The first-order valence-electron chi connectivity index (χ1n) is 16.5. The Morgan fingerprint density at radius 2 is 0.902 bits per heavy atom. The molecule has 0 saturated heterocycles. The van der Waals surface area contributed by atoms with Gasteiger partial charge >= 0.3 is 0 Å². The number of nitriles is 1. The highest BCUT2D eigenvalue weighted by molar-refractivity contribution is 7.26. The SMILES string of the molecule is N#Cc1c(-c2ccccc2)nc(-c2cccc3c2sc2ccc(-c4nc(-c5ccccc5)nc(-c5ccccc5)n4)cc23)nc1-c1ccccc1. The van der Waals surface area contributed by atoms with E-state index in [2.05, 4.69) is 36.4 Å². The van der Waals surface area contributed by atoms with E-state index < -0.39 is 0 Å². The summed E-state index contributed by atoms with van der Waals surface area (Å²) in [5, 5.41) is 12.6. The zero-order chi connectivity index (χ0) is 34.1. The van der Waals surface area contributed by atoms with Crippen molar-refractivity contribution >= 4 is 31.5 Å². The highest BCUT2D eigenvalue weighted by atomic mass is 32.1. The molecule has 9 rings (SSSR count). The average molecular weight is 671 g/mol. The van der Waals surface area contributed by atoms with Crippen LogP contribution in [0, 0.1) is 11.3 Å². The summed E-state index contributed by atoms with van der Waals surface area (Å²) >= 11 is 1.70. The minimum Gasteiger partial charge on any atom is -0.227 e. The summed E-state index contributed by atoms with van der Waals surface area (Å²) in [5.74, 6) is 2.42. The molecule has 9 aromatic rings. The zero-order valence-electron chi connectivity index (χ0n) is 27.1. The molecular weight excluding hydrogens is 645 g/mol. The molecule has 0 aliphatic heterocycles. The summed E-state index contributed by atoms with van der Waals surface area (Å²) < 4.78 is 2.19. The lowest BCUT2D eigenvalue weighted by atomic mass is 10.00. The normalized spacial score (nSPS) is 11.1. The Labute approximate surface area is 298 Å². The van der Waals surface area contributed by atoms with Crippen molar-refractivity contribution in [3.05, 3.63) is 163 Å². The second-order valence-corrected chi connectivity index (χ2v) is 13.0. The van der Waals surface area contributed by atoms with Crippen LogP contribution in [0.1, 0.15) is 5.56 Å². The van der Waals surface area contributed by atoms with Crippen molar-refractivity contribution in [3.8, 4) is 74.1 Å². The van der Waals surface area contributed by atoms with Crippen LogP contribution in [-0.4, -0.2) is 24.9 Å². The minimum atomic E-state index is 0.450. The first kappa shape index (κ1) is 30.2. The summed E-state index contributed by atoms with van der Waals surface area (Å²) in [7, 11) is 0. The summed E-state index contributed by atoms with van der Waals surface area (Å²) in [5.41, 5.74) is 7.07. The third-order valence-electron chi connectivity index (χ3n) is 8.81. The standard InChI is InChI=1S/C44H26N6S/c45-27-36-38(28-14-5-1-6-15-28)46-44(47-39(36)29-16-7-2-8-17-29)34-23-13-22-33-35-26-32(24-25-37(35)51-40(33)34)43-49-41(30-18-9-3-10-19-30)48-42(50-43)31-20-11-4-12-21-31/h1-26H. The van der Waals surface area contributed by atoms with Crippen molar-refractivity contribution in [3.63, 3.8) is 0 Å². The van der Waals surface area contributed by atoms with Gasteiger partial charge in [0.05, 0.1) is 11.4 Å². The number of benzene rings is 6. The lowest BCUT2D eigenvalue weighted by molar-refractivity contribution is 1.07. The van der Waals surface area contributed by atoms with Gasteiger partial charge in [0.15, 0.2) is 23.3 Å². The second-order valence-electron chi connectivity index (χ2n) is 12.0. The maximum atomic E-state index is 10.4. The van der Waals surface area contributed by atoms with Gasteiger partial charge in [-0.3, -0.25) is 0 Å². The van der Waals surface area contributed by atoms with Gasteiger partial charge in [-0.05, 0) is 24.3 Å². The molecule has 3 heterocycles. The lowest BCUT2D eigenvalue weighted by Gasteiger charge is -2.12. The van der Waals surface area contributed by atoms with Crippen LogP contribution in [0.2, 0.25) is 0 Å². The predicted molar refractivity (Wildman–Crippen MR) is 206 cm³/mol. The molecule has 7 heteroatoms. The topological polar surface area (TPSA) is 88.2 Å². The van der Waals surface area contributed by atoms with E-state index in [4.69, 9.17) is 24.9 Å². The van der Waals surface area contributed by atoms with Gasteiger partial charge in [0.2, 0.25) is 0 Å². The molecule has 3 aromatic heterocycles. The van der Waals surface area contributed by atoms with Crippen LogP contribution >= 0.6 is 11.3 Å². The van der Waals surface area contributed by atoms with Crippen molar-refractivity contribution in [2.75, 3.05) is 0 Å². The Morgan fingerprint density at radius 1 is 0.412 bits per heavy atom. The Morgan fingerprint density at radius 3 is 1.41 bits per heavy atom. The Balaban J connectivity index is 1.23. The van der Waals surface area contributed by atoms with E-state index in [1.807, 2.05) is 127 Å². The van der Waals surface area contributed by atoms with Crippen LogP contribution in [0.15, 0.2) is 158 Å². The predicted octanol–water partition coefficient (Wildman–Crippen LogP) is 10.9. The van der Waals surface area contributed by atoms with Crippen LogP contribution in [0.3, 0.4) is 0 Å². The first-order chi connectivity index (χ1) is 25.2. The molecule has 0 unspecified atom stereocenters. The minimum absolute atomic E-state index is 0.450. The molecule has 51 heavy (non-hydrogen) atoms. The molecule has 0 bridgehead atoms.